The van der Waals surface area contributed by atoms with Gasteiger partial charge in [-0.3, -0.25) is 0 Å². The molecule has 0 atom stereocenters. The van der Waals surface area contributed by atoms with Gasteiger partial charge in [0.25, 0.3) is 0 Å². The lowest BCUT2D eigenvalue weighted by atomic mass is 10.0. The molecule has 0 radical (unpaired) electrons. The van der Waals surface area contributed by atoms with Crippen LogP contribution >= 0.6 is 11.8 Å². The first-order valence-corrected chi connectivity index (χ1v) is 10.7. The fourth-order valence-corrected chi connectivity index (χ4v) is 3.59. The Balaban J connectivity index is 1.74. The summed E-state index contributed by atoms with van der Waals surface area (Å²) in [5.74, 6) is 1.86. The Hall–Kier alpha value is -2.54. The van der Waals surface area contributed by atoms with Crippen molar-refractivity contribution >= 4 is 11.8 Å². The third kappa shape index (κ3) is 5.98. The van der Waals surface area contributed by atoms with Gasteiger partial charge in [0.15, 0.2) is 5.16 Å². The SMILES string of the molecule is CCc1cc(Oc2ccc(C(C)C)cc2)nc(SCc2cccc(C(F)(F)F)c2)n1. The maximum Gasteiger partial charge on any atom is 0.416 e. The molecule has 0 aliphatic rings. The Kier molecular flexibility index (Phi) is 7.02. The number of halogens is 3. The van der Waals surface area contributed by atoms with Crippen LogP contribution in [-0.4, -0.2) is 9.97 Å². The van der Waals surface area contributed by atoms with Crippen LogP contribution in [0.4, 0.5) is 13.2 Å². The molecular weight excluding hydrogens is 409 g/mol. The summed E-state index contributed by atoms with van der Waals surface area (Å²) in [6, 6.07) is 14.9. The first-order chi connectivity index (χ1) is 14.2. The summed E-state index contributed by atoms with van der Waals surface area (Å²) in [7, 11) is 0. The molecule has 1 heterocycles. The first-order valence-electron chi connectivity index (χ1n) is 9.69. The maximum atomic E-state index is 12.9. The zero-order valence-corrected chi connectivity index (χ0v) is 17.8. The van der Waals surface area contributed by atoms with Crippen molar-refractivity contribution in [2.75, 3.05) is 0 Å². The molecule has 158 valence electrons. The molecule has 3 rings (SSSR count). The van der Waals surface area contributed by atoms with Crippen LogP contribution in [0.15, 0.2) is 59.8 Å². The predicted molar refractivity (Wildman–Crippen MR) is 113 cm³/mol. The molecule has 0 saturated heterocycles. The highest BCUT2D eigenvalue weighted by Crippen LogP contribution is 2.31. The van der Waals surface area contributed by atoms with Crippen molar-refractivity contribution in [3.63, 3.8) is 0 Å². The van der Waals surface area contributed by atoms with E-state index in [-0.39, 0.29) is 0 Å². The Morgan fingerprint density at radius 1 is 1.00 bits per heavy atom. The standard InChI is InChI=1S/C23H23F3N2OS/c1-4-19-13-21(29-20-10-8-17(9-11-20)15(2)3)28-22(27-19)30-14-16-6-5-7-18(12-16)23(24,25)26/h5-13,15H,4,14H2,1-3H3. The second kappa shape index (κ2) is 9.51. The number of aromatic nitrogens is 2. The van der Waals surface area contributed by atoms with Gasteiger partial charge in [-0.2, -0.15) is 18.2 Å². The van der Waals surface area contributed by atoms with Crippen molar-refractivity contribution in [1.82, 2.24) is 9.97 Å². The molecule has 0 fully saturated rings. The molecule has 1 aromatic heterocycles. The highest BCUT2D eigenvalue weighted by atomic mass is 32.2. The number of nitrogens with zero attached hydrogens (tertiary/aromatic N) is 2. The molecule has 0 N–H and O–H groups in total. The van der Waals surface area contributed by atoms with Crippen LogP contribution in [0.2, 0.25) is 0 Å². The molecule has 0 amide bonds. The third-order valence-corrected chi connectivity index (χ3v) is 5.41. The van der Waals surface area contributed by atoms with E-state index in [4.69, 9.17) is 4.74 Å². The van der Waals surface area contributed by atoms with Crippen LogP contribution in [0, 0.1) is 0 Å². The Morgan fingerprint density at radius 3 is 2.37 bits per heavy atom. The number of benzene rings is 2. The highest BCUT2D eigenvalue weighted by molar-refractivity contribution is 7.98. The van der Waals surface area contributed by atoms with Gasteiger partial charge in [-0.25, -0.2) is 4.98 Å². The van der Waals surface area contributed by atoms with Gasteiger partial charge in [-0.15, -0.1) is 0 Å². The largest absolute Gasteiger partial charge is 0.439 e. The fourth-order valence-electron chi connectivity index (χ4n) is 2.77. The van der Waals surface area contributed by atoms with Crippen LogP contribution < -0.4 is 4.74 Å². The van der Waals surface area contributed by atoms with Crippen molar-refractivity contribution in [3.8, 4) is 11.6 Å². The van der Waals surface area contributed by atoms with Crippen molar-refractivity contribution in [2.45, 2.75) is 50.2 Å². The second-order valence-electron chi connectivity index (χ2n) is 7.15. The second-order valence-corrected chi connectivity index (χ2v) is 8.09. The molecule has 0 unspecified atom stereocenters. The molecule has 7 heteroatoms. The molecule has 0 saturated carbocycles. The number of ether oxygens (including phenoxy) is 1. The van der Waals surface area contributed by atoms with E-state index in [1.54, 1.807) is 12.1 Å². The van der Waals surface area contributed by atoms with Crippen LogP contribution in [0.5, 0.6) is 11.6 Å². The van der Waals surface area contributed by atoms with Crippen LogP contribution in [0.3, 0.4) is 0 Å². The van der Waals surface area contributed by atoms with Gasteiger partial charge in [-0.1, -0.05) is 62.9 Å². The van der Waals surface area contributed by atoms with E-state index >= 15 is 0 Å². The van der Waals surface area contributed by atoms with Crippen molar-refractivity contribution in [3.05, 3.63) is 77.0 Å². The van der Waals surface area contributed by atoms with Crippen molar-refractivity contribution in [1.29, 1.82) is 0 Å². The molecule has 2 aromatic carbocycles. The number of thioether (sulfide) groups is 1. The minimum absolute atomic E-state index is 0.333. The molecule has 3 nitrogen and oxygen atoms in total. The van der Waals surface area contributed by atoms with E-state index < -0.39 is 11.7 Å². The van der Waals surface area contributed by atoms with E-state index in [0.29, 0.717) is 40.4 Å². The zero-order chi connectivity index (χ0) is 21.7. The molecule has 0 bridgehead atoms. The van der Waals surface area contributed by atoms with Crippen molar-refractivity contribution in [2.24, 2.45) is 0 Å². The van der Waals surface area contributed by atoms with Gasteiger partial charge in [0.1, 0.15) is 5.75 Å². The summed E-state index contributed by atoms with van der Waals surface area (Å²) >= 11 is 1.28. The van der Waals surface area contributed by atoms with Gasteiger partial charge in [0.05, 0.1) is 5.56 Å². The van der Waals surface area contributed by atoms with E-state index in [9.17, 15) is 13.2 Å². The molecule has 3 aromatic rings. The topological polar surface area (TPSA) is 35.0 Å². The minimum atomic E-state index is -4.36. The maximum absolute atomic E-state index is 12.9. The number of aryl methyl sites for hydroxylation is 1. The number of hydrogen-bond donors (Lipinski definition) is 0. The zero-order valence-electron chi connectivity index (χ0n) is 17.0. The van der Waals surface area contributed by atoms with E-state index in [1.807, 2.05) is 31.2 Å². The Bertz CT molecular complexity index is 988. The monoisotopic (exact) mass is 432 g/mol. The van der Waals surface area contributed by atoms with Crippen LogP contribution in [-0.2, 0) is 18.3 Å². The van der Waals surface area contributed by atoms with Gasteiger partial charge in [0.2, 0.25) is 5.88 Å². The highest BCUT2D eigenvalue weighted by Gasteiger charge is 2.30. The van der Waals surface area contributed by atoms with Crippen LogP contribution in [0.1, 0.15) is 49.1 Å². The van der Waals surface area contributed by atoms with Crippen molar-refractivity contribution < 1.29 is 17.9 Å². The summed E-state index contributed by atoms with van der Waals surface area (Å²) in [5, 5.41) is 0.473. The summed E-state index contributed by atoms with van der Waals surface area (Å²) in [5.41, 5.74) is 1.94. The molecule has 30 heavy (non-hydrogen) atoms. The van der Waals surface area contributed by atoms with E-state index in [1.165, 1.54) is 23.4 Å². The summed E-state index contributed by atoms with van der Waals surface area (Å²) in [6.07, 6.45) is -3.66. The summed E-state index contributed by atoms with van der Waals surface area (Å²) in [6.45, 7) is 6.23. The average molecular weight is 433 g/mol. The smallest absolute Gasteiger partial charge is 0.416 e. The Labute approximate surface area is 178 Å². The first kappa shape index (κ1) is 22.2. The average Bonchev–Trinajstić information content (AvgIpc) is 2.72. The predicted octanol–water partition coefficient (Wildman–Crippen LogP) is 7.27. The number of rotatable bonds is 7. The third-order valence-electron chi connectivity index (χ3n) is 4.49. The lowest BCUT2D eigenvalue weighted by molar-refractivity contribution is -0.137. The number of hydrogen-bond acceptors (Lipinski definition) is 4. The van der Waals surface area contributed by atoms with Crippen LogP contribution in [0.25, 0.3) is 0 Å². The van der Waals surface area contributed by atoms with Gasteiger partial charge < -0.3 is 4.74 Å². The lowest BCUT2D eigenvalue weighted by Gasteiger charge is -2.11. The van der Waals surface area contributed by atoms with E-state index in [0.717, 1.165) is 17.8 Å². The lowest BCUT2D eigenvalue weighted by Crippen LogP contribution is -2.05. The van der Waals surface area contributed by atoms with Gasteiger partial charge in [-0.05, 0) is 41.7 Å². The fraction of sp³-hybridized carbons (Fsp3) is 0.304. The summed E-state index contributed by atoms with van der Waals surface area (Å²) < 4.78 is 44.6. The van der Waals surface area contributed by atoms with Gasteiger partial charge in [0, 0.05) is 17.5 Å². The molecule has 0 spiro atoms. The minimum Gasteiger partial charge on any atom is -0.439 e. The van der Waals surface area contributed by atoms with E-state index in [2.05, 4.69) is 23.8 Å². The molecular formula is C23H23F3N2OS. The normalized spacial score (nSPS) is 11.7. The Morgan fingerprint density at radius 2 is 1.73 bits per heavy atom. The summed E-state index contributed by atoms with van der Waals surface area (Å²) in [4.78, 5) is 8.89. The van der Waals surface area contributed by atoms with Gasteiger partial charge >= 0.3 is 6.18 Å². The number of alkyl halides is 3. The molecule has 0 aliphatic heterocycles. The quantitative estimate of drug-likeness (QED) is 0.291. The molecule has 0 aliphatic carbocycles.